The zero-order valence-corrected chi connectivity index (χ0v) is 12.8. The smallest absolute Gasteiger partial charge is 0.225 e. The molecule has 1 aromatic rings. The van der Waals surface area contributed by atoms with Crippen molar-refractivity contribution in [3.05, 3.63) is 23.8 Å². The Labute approximate surface area is 126 Å². The third-order valence-corrected chi connectivity index (χ3v) is 4.35. The van der Waals surface area contributed by atoms with Crippen LogP contribution in [0.25, 0.3) is 0 Å². The number of amides is 1. The van der Waals surface area contributed by atoms with Crippen molar-refractivity contribution in [1.82, 2.24) is 4.90 Å². The monoisotopic (exact) mass is 291 g/mol. The van der Waals surface area contributed by atoms with Crippen molar-refractivity contribution in [3.63, 3.8) is 0 Å². The minimum Gasteiger partial charge on any atom is -0.399 e. The third kappa shape index (κ3) is 3.95. The van der Waals surface area contributed by atoms with Gasteiger partial charge in [0.25, 0.3) is 0 Å². The highest BCUT2D eigenvalue weighted by atomic mass is 16.3. The molecule has 0 saturated carbocycles. The number of likely N-dealkylation sites (tertiary alicyclic amines) is 1. The summed E-state index contributed by atoms with van der Waals surface area (Å²) >= 11 is 0. The summed E-state index contributed by atoms with van der Waals surface area (Å²) in [6, 6.07) is 5.69. The molecular formula is C16H25N3O2. The molecule has 1 aliphatic heterocycles. The molecule has 0 aromatic heterocycles. The standard InChI is InChI=1S/C16H25N3O2/c1-11-3-4-13(17)9-14(11)18-16(21)6-8-19-7-5-12(2)15(19)10-20/h3-4,9,12,15,20H,5-8,10,17H2,1-2H3,(H,18,21). The average Bonchev–Trinajstić information content (AvgIpc) is 2.81. The van der Waals surface area contributed by atoms with E-state index in [1.54, 1.807) is 6.07 Å². The van der Waals surface area contributed by atoms with Crippen LogP contribution in [0.3, 0.4) is 0 Å². The van der Waals surface area contributed by atoms with E-state index in [0.717, 1.165) is 24.2 Å². The van der Waals surface area contributed by atoms with Crippen molar-refractivity contribution in [2.75, 3.05) is 30.7 Å². The van der Waals surface area contributed by atoms with Gasteiger partial charge in [0.15, 0.2) is 0 Å². The maximum absolute atomic E-state index is 12.1. The Bertz CT molecular complexity index is 504. The number of carbonyl (C=O) groups excluding carboxylic acids is 1. The van der Waals surface area contributed by atoms with Crippen molar-refractivity contribution >= 4 is 17.3 Å². The summed E-state index contributed by atoms with van der Waals surface area (Å²) in [5.41, 5.74) is 8.16. The van der Waals surface area contributed by atoms with Gasteiger partial charge in [-0.3, -0.25) is 9.69 Å². The van der Waals surface area contributed by atoms with E-state index >= 15 is 0 Å². The fourth-order valence-corrected chi connectivity index (χ4v) is 2.89. The Balaban J connectivity index is 1.86. The lowest BCUT2D eigenvalue weighted by Crippen LogP contribution is -2.37. The number of carbonyl (C=O) groups is 1. The van der Waals surface area contributed by atoms with Gasteiger partial charge in [-0.15, -0.1) is 0 Å². The molecule has 2 atom stereocenters. The van der Waals surface area contributed by atoms with E-state index in [4.69, 9.17) is 5.73 Å². The molecule has 5 nitrogen and oxygen atoms in total. The van der Waals surface area contributed by atoms with Gasteiger partial charge < -0.3 is 16.2 Å². The summed E-state index contributed by atoms with van der Waals surface area (Å²) in [5.74, 6) is 0.481. The Morgan fingerprint density at radius 1 is 1.52 bits per heavy atom. The third-order valence-electron chi connectivity index (χ3n) is 4.35. The molecule has 1 aliphatic rings. The fourth-order valence-electron chi connectivity index (χ4n) is 2.89. The van der Waals surface area contributed by atoms with Crippen LogP contribution in [0.15, 0.2) is 18.2 Å². The number of hydrogen-bond donors (Lipinski definition) is 3. The van der Waals surface area contributed by atoms with Gasteiger partial charge in [-0.2, -0.15) is 0 Å². The average molecular weight is 291 g/mol. The number of hydrogen-bond acceptors (Lipinski definition) is 4. The number of nitrogen functional groups attached to an aromatic ring is 1. The number of aliphatic hydroxyl groups excluding tert-OH is 1. The van der Waals surface area contributed by atoms with Crippen LogP contribution in [0, 0.1) is 12.8 Å². The van der Waals surface area contributed by atoms with Crippen LogP contribution in [0.4, 0.5) is 11.4 Å². The molecular weight excluding hydrogens is 266 g/mol. The van der Waals surface area contributed by atoms with E-state index in [0.29, 0.717) is 24.6 Å². The number of rotatable bonds is 5. The first kappa shape index (κ1) is 15.8. The lowest BCUT2D eigenvalue weighted by molar-refractivity contribution is -0.116. The van der Waals surface area contributed by atoms with Crippen molar-refractivity contribution in [1.29, 1.82) is 0 Å². The summed E-state index contributed by atoms with van der Waals surface area (Å²) in [7, 11) is 0. The molecule has 1 heterocycles. The fraction of sp³-hybridized carbons (Fsp3) is 0.562. The first-order valence-electron chi connectivity index (χ1n) is 7.52. The van der Waals surface area contributed by atoms with Crippen molar-refractivity contribution in [2.24, 2.45) is 5.92 Å². The Hall–Kier alpha value is -1.59. The molecule has 1 saturated heterocycles. The Morgan fingerprint density at radius 2 is 2.29 bits per heavy atom. The van der Waals surface area contributed by atoms with E-state index in [-0.39, 0.29) is 18.6 Å². The second-order valence-corrected chi connectivity index (χ2v) is 5.92. The number of nitrogens with one attached hydrogen (secondary N) is 1. The maximum Gasteiger partial charge on any atom is 0.225 e. The molecule has 0 radical (unpaired) electrons. The number of nitrogens with two attached hydrogens (primary N) is 1. The van der Waals surface area contributed by atoms with Crippen LogP contribution in [-0.4, -0.2) is 41.7 Å². The maximum atomic E-state index is 12.1. The highest BCUT2D eigenvalue weighted by Crippen LogP contribution is 2.23. The molecule has 5 heteroatoms. The molecule has 21 heavy (non-hydrogen) atoms. The topological polar surface area (TPSA) is 78.6 Å². The van der Waals surface area contributed by atoms with E-state index in [9.17, 15) is 9.90 Å². The number of aryl methyl sites for hydroxylation is 1. The van der Waals surface area contributed by atoms with Gasteiger partial charge >= 0.3 is 0 Å². The first-order valence-corrected chi connectivity index (χ1v) is 7.52. The van der Waals surface area contributed by atoms with Gasteiger partial charge in [-0.1, -0.05) is 13.0 Å². The van der Waals surface area contributed by atoms with Gasteiger partial charge in [-0.05, 0) is 43.5 Å². The molecule has 1 aromatic carbocycles. The minimum absolute atomic E-state index is 0.0139. The lowest BCUT2D eigenvalue weighted by Gasteiger charge is -2.24. The number of anilines is 2. The van der Waals surface area contributed by atoms with Crippen LogP contribution in [0.5, 0.6) is 0 Å². The predicted octanol–water partition coefficient (Wildman–Crippen LogP) is 1.61. The van der Waals surface area contributed by atoms with Crippen molar-refractivity contribution in [2.45, 2.75) is 32.7 Å². The Kier molecular flexibility index (Phi) is 5.20. The second kappa shape index (κ2) is 6.91. The quantitative estimate of drug-likeness (QED) is 0.720. The van der Waals surface area contributed by atoms with Crippen LogP contribution in [0.2, 0.25) is 0 Å². The van der Waals surface area contributed by atoms with Gasteiger partial charge in [-0.25, -0.2) is 0 Å². The van der Waals surface area contributed by atoms with Crippen molar-refractivity contribution < 1.29 is 9.90 Å². The summed E-state index contributed by atoms with van der Waals surface area (Å²) in [5, 5.41) is 12.3. The van der Waals surface area contributed by atoms with E-state index < -0.39 is 0 Å². The summed E-state index contributed by atoms with van der Waals surface area (Å²) in [6.45, 7) is 5.90. The van der Waals surface area contributed by atoms with Gasteiger partial charge in [0.2, 0.25) is 5.91 Å². The highest BCUT2D eigenvalue weighted by Gasteiger charge is 2.30. The van der Waals surface area contributed by atoms with Gasteiger partial charge in [0.05, 0.1) is 6.61 Å². The summed E-state index contributed by atoms with van der Waals surface area (Å²) in [6.07, 6.45) is 1.51. The largest absolute Gasteiger partial charge is 0.399 e. The Morgan fingerprint density at radius 3 is 3.00 bits per heavy atom. The minimum atomic E-state index is -0.0139. The van der Waals surface area contributed by atoms with E-state index in [1.165, 1.54) is 0 Å². The molecule has 0 bridgehead atoms. The number of aliphatic hydroxyl groups is 1. The molecule has 2 rings (SSSR count). The van der Waals surface area contributed by atoms with Gasteiger partial charge in [0.1, 0.15) is 0 Å². The molecule has 2 unspecified atom stereocenters. The number of nitrogens with zero attached hydrogens (tertiary/aromatic N) is 1. The molecule has 116 valence electrons. The predicted molar refractivity (Wildman–Crippen MR) is 85.1 cm³/mol. The molecule has 1 amide bonds. The summed E-state index contributed by atoms with van der Waals surface area (Å²) in [4.78, 5) is 14.3. The van der Waals surface area contributed by atoms with Crippen LogP contribution in [-0.2, 0) is 4.79 Å². The molecule has 0 spiro atoms. The van der Waals surface area contributed by atoms with E-state index in [1.807, 2.05) is 19.1 Å². The zero-order chi connectivity index (χ0) is 15.4. The lowest BCUT2D eigenvalue weighted by atomic mass is 10.0. The van der Waals surface area contributed by atoms with E-state index in [2.05, 4.69) is 17.1 Å². The molecule has 4 N–H and O–H groups in total. The molecule has 0 aliphatic carbocycles. The first-order chi connectivity index (χ1) is 10.0. The summed E-state index contributed by atoms with van der Waals surface area (Å²) < 4.78 is 0. The normalized spacial score (nSPS) is 22.4. The number of benzene rings is 1. The van der Waals surface area contributed by atoms with Crippen LogP contribution in [0.1, 0.15) is 25.3 Å². The van der Waals surface area contributed by atoms with Crippen LogP contribution < -0.4 is 11.1 Å². The zero-order valence-electron chi connectivity index (χ0n) is 12.8. The van der Waals surface area contributed by atoms with Gasteiger partial charge in [0, 0.05) is 30.4 Å². The van der Waals surface area contributed by atoms with Crippen LogP contribution >= 0.6 is 0 Å². The molecule has 1 fully saturated rings. The SMILES string of the molecule is Cc1ccc(N)cc1NC(=O)CCN1CCC(C)C1CO. The van der Waals surface area contributed by atoms with Crippen molar-refractivity contribution in [3.8, 4) is 0 Å². The highest BCUT2D eigenvalue weighted by molar-refractivity contribution is 5.92. The second-order valence-electron chi connectivity index (χ2n) is 5.92.